The maximum absolute atomic E-state index is 13.4. The molecule has 0 aromatic heterocycles. The molecular weight excluding hydrogens is 273 g/mol. The normalized spacial score (nSPS) is 17.4. The summed E-state index contributed by atoms with van der Waals surface area (Å²) in [6.45, 7) is 0.538. The smallest absolute Gasteiger partial charge is 0.126 e. The standard InChI is InChI=1S/C12H15BrFNO/c13-9-1-4-12(14)8(5-9)6-11(16)7-15-10-2-3-10/h1,4-5,10-11,15-16H,2-3,6-7H2. The molecule has 1 aliphatic rings. The molecule has 0 aliphatic heterocycles. The van der Waals surface area contributed by atoms with Gasteiger partial charge in [-0.15, -0.1) is 0 Å². The van der Waals surface area contributed by atoms with Gasteiger partial charge < -0.3 is 10.4 Å². The second kappa shape index (κ2) is 5.25. The molecule has 2 rings (SSSR count). The number of nitrogens with one attached hydrogen (secondary N) is 1. The van der Waals surface area contributed by atoms with E-state index in [0.717, 1.165) is 4.47 Å². The van der Waals surface area contributed by atoms with Crippen molar-refractivity contribution in [3.63, 3.8) is 0 Å². The first-order valence-electron chi connectivity index (χ1n) is 5.50. The molecule has 1 saturated carbocycles. The van der Waals surface area contributed by atoms with Gasteiger partial charge in [0.1, 0.15) is 5.82 Å². The fourth-order valence-electron chi connectivity index (χ4n) is 1.62. The molecule has 1 unspecified atom stereocenters. The lowest BCUT2D eigenvalue weighted by Crippen LogP contribution is -2.30. The average molecular weight is 288 g/mol. The molecule has 0 bridgehead atoms. The summed E-state index contributed by atoms with van der Waals surface area (Å²) in [6, 6.07) is 5.37. The Morgan fingerprint density at radius 2 is 2.25 bits per heavy atom. The zero-order valence-corrected chi connectivity index (χ0v) is 10.5. The highest BCUT2D eigenvalue weighted by molar-refractivity contribution is 9.10. The van der Waals surface area contributed by atoms with E-state index in [-0.39, 0.29) is 5.82 Å². The topological polar surface area (TPSA) is 32.3 Å². The van der Waals surface area contributed by atoms with Crippen molar-refractivity contribution in [1.82, 2.24) is 5.32 Å². The fourth-order valence-corrected chi connectivity index (χ4v) is 2.02. The number of aliphatic hydroxyl groups excluding tert-OH is 1. The van der Waals surface area contributed by atoms with E-state index in [1.807, 2.05) is 0 Å². The van der Waals surface area contributed by atoms with Gasteiger partial charge in [0.2, 0.25) is 0 Å². The molecule has 0 heterocycles. The van der Waals surface area contributed by atoms with E-state index < -0.39 is 6.10 Å². The summed E-state index contributed by atoms with van der Waals surface area (Å²) in [4.78, 5) is 0. The Bertz CT molecular complexity index is 368. The van der Waals surface area contributed by atoms with E-state index >= 15 is 0 Å². The van der Waals surface area contributed by atoms with E-state index in [1.165, 1.54) is 18.9 Å². The van der Waals surface area contributed by atoms with Crippen molar-refractivity contribution in [2.75, 3.05) is 6.54 Å². The van der Waals surface area contributed by atoms with Crippen molar-refractivity contribution in [3.05, 3.63) is 34.1 Å². The number of aliphatic hydroxyl groups is 1. The Kier molecular flexibility index (Phi) is 3.95. The Balaban J connectivity index is 1.88. The number of benzene rings is 1. The Morgan fingerprint density at radius 1 is 1.50 bits per heavy atom. The van der Waals surface area contributed by atoms with Crippen LogP contribution >= 0.6 is 15.9 Å². The number of hydrogen-bond acceptors (Lipinski definition) is 2. The van der Waals surface area contributed by atoms with Crippen LogP contribution in [0.5, 0.6) is 0 Å². The van der Waals surface area contributed by atoms with Gasteiger partial charge in [0.25, 0.3) is 0 Å². The van der Waals surface area contributed by atoms with Crippen LogP contribution in [-0.2, 0) is 6.42 Å². The summed E-state index contributed by atoms with van der Waals surface area (Å²) in [5.41, 5.74) is 0.555. The van der Waals surface area contributed by atoms with Crippen molar-refractivity contribution < 1.29 is 9.50 Å². The summed E-state index contributed by atoms with van der Waals surface area (Å²) < 4.78 is 14.2. The summed E-state index contributed by atoms with van der Waals surface area (Å²) in [5, 5.41) is 13.0. The largest absolute Gasteiger partial charge is 0.391 e. The van der Waals surface area contributed by atoms with Crippen LogP contribution in [0.3, 0.4) is 0 Å². The van der Waals surface area contributed by atoms with Gasteiger partial charge >= 0.3 is 0 Å². The first-order chi connectivity index (χ1) is 7.65. The molecule has 1 aliphatic carbocycles. The lowest BCUT2D eigenvalue weighted by molar-refractivity contribution is 0.170. The third kappa shape index (κ3) is 3.54. The molecule has 1 aromatic carbocycles. The molecule has 88 valence electrons. The second-order valence-electron chi connectivity index (χ2n) is 4.28. The third-order valence-corrected chi connectivity index (χ3v) is 3.18. The molecule has 0 saturated heterocycles. The highest BCUT2D eigenvalue weighted by atomic mass is 79.9. The van der Waals surface area contributed by atoms with Gasteiger partial charge in [0.05, 0.1) is 6.10 Å². The maximum atomic E-state index is 13.4. The molecule has 0 radical (unpaired) electrons. The van der Waals surface area contributed by atoms with Crippen LogP contribution in [0.4, 0.5) is 4.39 Å². The predicted molar refractivity (Wildman–Crippen MR) is 64.8 cm³/mol. The van der Waals surface area contributed by atoms with Crippen molar-refractivity contribution in [3.8, 4) is 0 Å². The average Bonchev–Trinajstić information content (AvgIpc) is 3.04. The highest BCUT2D eigenvalue weighted by Gasteiger charge is 2.21. The minimum atomic E-state index is -0.524. The third-order valence-electron chi connectivity index (χ3n) is 2.68. The molecule has 2 nitrogen and oxygen atoms in total. The summed E-state index contributed by atoms with van der Waals surface area (Å²) in [7, 11) is 0. The van der Waals surface area contributed by atoms with Crippen molar-refractivity contribution in [1.29, 1.82) is 0 Å². The molecule has 2 N–H and O–H groups in total. The fraction of sp³-hybridized carbons (Fsp3) is 0.500. The highest BCUT2D eigenvalue weighted by Crippen LogP contribution is 2.19. The van der Waals surface area contributed by atoms with E-state index in [2.05, 4.69) is 21.2 Å². The summed E-state index contributed by atoms with van der Waals surface area (Å²) in [6.07, 6.45) is 2.21. The SMILES string of the molecule is OC(CNC1CC1)Cc1cc(Br)ccc1F. The lowest BCUT2D eigenvalue weighted by Gasteiger charge is -2.12. The first kappa shape index (κ1) is 12.0. The van der Waals surface area contributed by atoms with Crippen LogP contribution in [0.15, 0.2) is 22.7 Å². The molecule has 1 fully saturated rings. The zero-order valence-electron chi connectivity index (χ0n) is 8.92. The number of hydrogen-bond donors (Lipinski definition) is 2. The minimum Gasteiger partial charge on any atom is -0.391 e. The number of rotatable bonds is 5. The molecule has 0 amide bonds. The molecule has 1 atom stereocenters. The lowest BCUT2D eigenvalue weighted by atomic mass is 10.1. The van der Waals surface area contributed by atoms with Crippen LogP contribution < -0.4 is 5.32 Å². The molecule has 16 heavy (non-hydrogen) atoms. The van der Waals surface area contributed by atoms with Crippen LogP contribution in [0.2, 0.25) is 0 Å². The number of halogens is 2. The van der Waals surface area contributed by atoms with E-state index in [9.17, 15) is 9.50 Å². The van der Waals surface area contributed by atoms with E-state index in [1.54, 1.807) is 12.1 Å². The van der Waals surface area contributed by atoms with Crippen LogP contribution in [0.25, 0.3) is 0 Å². The molecular formula is C12H15BrFNO. The van der Waals surface area contributed by atoms with Crippen molar-refractivity contribution >= 4 is 15.9 Å². The monoisotopic (exact) mass is 287 g/mol. The molecule has 1 aromatic rings. The Morgan fingerprint density at radius 3 is 2.94 bits per heavy atom. The van der Waals surface area contributed by atoms with Gasteiger partial charge in [-0.05, 0) is 36.6 Å². The van der Waals surface area contributed by atoms with Gasteiger partial charge in [0.15, 0.2) is 0 Å². The zero-order chi connectivity index (χ0) is 11.5. The molecule has 4 heteroatoms. The van der Waals surface area contributed by atoms with Gasteiger partial charge in [0, 0.05) is 23.5 Å². The summed E-state index contributed by atoms with van der Waals surface area (Å²) >= 11 is 3.29. The Labute approximate surface area is 103 Å². The predicted octanol–water partition coefficient (Wildman–Crippen LogP) is 2.24. The Hall–Kier alpha value is -0.450. The van der Waals surface area contributed by atoms with Gasteiger partial charge in [-0.1, -0.05) is 15.9 Å². The first-order valence-corrected chi connectivity index (χ1v) is 6.30. The van der Waals surface area contributed by atoms with Crippen LogP contribution in [0.1, 0.15) is 18.4 Å². The quantitative estimate of drug-likeness (QED) is 0.871. The maximum Gasteiger partial charge on any atom is 0.126 e. The van der Waals surface area contributed by atoms with E-state index in [0.29, 0.717) is 24.6 Å². The van der Waals surface area contributed by atoms with Crippen molar-refractivity contribution in [2.24, 2.45) is 0 Å². The second-order valence-corrected chi connectivity index (χ2v) is 5.19. The van der Waals surface area contributed by atoms with Crippen LogP contribution in [0, 0.1) is 5.82 Å². The summed E-state index contributed by atoms with van der Waals surface area (Å²) in [5.74, 6) is -0.256. The van der Waals surface area contributed by atoms with Crippen LogP contribution in [-0.4, -0.2) is 23.8 Å². The van der Waals surface area contributed by atoms with Gasteiger partial charge in [-0.2, -0.15) is 0 Å². The van der Waals surface area contributed by atoms with E-state index in [4.69, 9.17) is 0 Å². The van der Waals surface area contributed by atoms with Gasteiger partial charge in [-0.25, -0.2) is 4.39 Å². The van der Waals surface area contributed by atoms with Gasteiger partial charge in [-0.3, -0.25) is 0 Å². The molecule has 0 spiro atoms. The van der Waals surface area contributed by atoms with Crippen molar-refractivity contribution in [2.45, 2.75) is 31.4 Å². The minimum absolute atomic E-state index is 0.256.